The predicted molar refractivity (Wildman–Crippen MR) is 82.2 cm³/mol. The Morgan fingerprint density at radius 1 is 1.30 bits per heavy atom. The summed E-state index contributed by atoms with van der Waals surface area (Å²) in [4.78, 5) is 8.84. The predicted octanol–water partition coefficient (Wildman–Crippen LogP) is 3.95. The summed E-state index contributed by atoms with van der Waals surface area (Å²) in [6.07, 6.45) is 6.05. The third kappa shape index (κ3) is 4.36. The number of anilines is 1. The Labute approximate surface area is 122 Å². The molecule has 1 aromatic rings. The second-order valence-corrected chi connectivity index (χ2v) is 6.58. The minimum absolute atomic E-state index is 0.302. The van der Waals surface area contributed by atoms with E-state index in [1.165, 1.54) is 12.8 Å². The fourth-order valence-electron chi connectivity index (χ4n) is 2.58. The van der Waals surface area contributed by atoms with E-state index in [1.54, 1.807) is 0 Å². The Balaban J connectivity index is 1.97. The van der Waals surface area contributed by atoms with Gasteiger partial charge >= 0.3 is 0 Å². The highest BCUT2D eigenvalue weighted by Gasteiger charge is 2.28. The molecule has 0 spiro atoms. The fraction of sp³-hybridized carbons (Fsp3) is 0.750. The highest BCUT2D eigenvalue weighted by atomic mass is 16.5. The van der Waals surface area contributed by atoms with E-state index in [1.807, 2.05) is 13.0 Å². The SMILES string of the molecule is CCCNc1nc(C)cc(OC2CCC(C)(C)CC2)n1. The molecule has 4 heteroatoms. The number of hydrogen-bond acceptors (Lipinski definition) is 4. The molecule has 1 N–H and O–H groups in total. The molecule has 4 nitrogen and oxygen atoms in total. The zero-order valence-electron chi connectivity index (χ0n) is 13.2. The van der Waals surface area contributed by atoms with Crippen LogP contribution in [-0.2, 0) is 0 Å². The molecule has 1 aliphatic carbocycles. The average Bonchev–Trinajstić information content (AvgIpc) is 2.38. The van der Waals surface area contributed by atoms with E-state index in [0.717, 1.165) is 31.5 Å². The molecular formula is C16H27N3O. The Morgan fingerprint density at radius 3 is 2.65 bits per heavy atom. The van der Waals surface area contributed by atoms with Crippen LogP contribution in [0.2, 0.25) is 0 Å². The van der Waals surface area contributed by atoms with Gasteiger partial charge in [-0.2, -0.15) is 4.98 Å². The molecule has 0 aromatic carbocycles. The molecule has 1 heterocycles. The molecule has 0 bridgehead atoms. The number of rotatable bonds is 5. The fourth-order valence-corrected chi connectivity index (χ4v) is 2.58. The summed E-state index contributed by atoms with van der Waals surface area (Å²) in [5.74, 6) is 1.39. The summed E-state index contributed by atoms with van der Waals surface area (Å²) in [6.45, 7) is 9.68. The van der Waals surface area contributed by atoms with E-state index >= 15 is 0 Å². The highest BCUT2D eigenvalue weighted by molar-refractivity contribution is 5.30. The molecule has 1 aliphatic rings. The number of ether oxygens (including phenoxy) is 1. The summed E-state index contributed by atoms with van der Waals surface area (Å²) in [5, 5.41) is 3.22. The maximum Gasteiger partial charge on any atom is 0.226 e. The number of hydrogen-bond donors (Lipinski definition) is 1. The second kappa shape index (κ2) is 6.42. The summed E-state index contributed by atoms with van der Waals surface area (Å²) < 4.78 is 6.06. The van der Waals surface area contributed by atoms with Gasteiger partial charge in [0.25, 0.3) is 0 Å². The van der Waals surface area contributed by atoms with Gasteiger partial charge in [0.1, 0.15) is 6.10 Å². The molecule has 0 amide bonds. The van der Waals surface area contributed by atoms with Crippen molar-refractivity contribution in [2.75, 3.05) is 11.9 Å². The van der Waals surface area contributed by atoms with Crippen LogP contribution in [0.25, 0.3) is 0 Å². The van der Waals surface area contributed by atoms with Crippen LogP contribution >= 0.6 is 0 Å². The van der Waals surface area contributed by atoms with Crippen molar-refractivity contribution in [1.82, 2.24) is 9.97 Å². The molecule has 0 unspecified atom stereocenters. The molecule has 0 aliphatic heterocycles. The van der Waals surface area contributed by atoms with Crippen LogP contribution in [0.15, 0.2) is 6.07 Å². The van der Waals surface area contributed by atoms with Crippen molar-refractivity contribution in [3.63, 3.8) is 0 Å². The van der Waals surface area contributed by atoms with Gasteiger partial charge in [-0.25, -0.2) is 4.98 Å². The van der Waals surface area contributed by atoms with Gasteiger partial charge < -0.3 is 10.1 Å². The van der Waals surface area contributed by atoms with Crippen molar-refractivity contribution in [3.05, 3.63) is 11.8 Å². The molecule has 20 heavy (non-hydrogen) atoms. The first-order chi connectivity index (χ1) is 9.48. The van der Waals surface area contributed by atoms with Gasteiger partial charge in [-0.1, -0.05) is 20.8 Å². The highest BCUT2D eigenvalue weighted by Crippen LogP contribution is 2.36. The first kappa shape index (κ1) is 15.1. The van der Waals surface area contributed by atoms with Crippen LogP contribution in [0.5, 0.6) is 5.88 Å². The van der Waals surface area contributed by atoms with Crippen molar-refractivity contribution in [1.29, 1.82) is 0 Å². The average molecular weight is 277 g/mol. The second-order valence-electron chi connectivity index (χ2n) is 6.58. The lowest BCUT2D eigenvalue weighted by atomic mass is 9.76. The minimum atomic E-state index is 0.302. The largest absolute Gasteiger partial charge is 0.474 e. The van der Waals surface area contributed by atoms with Crippen molar-refractivity contribution < 1.29 is 4.74 Å². The van der Waals surface area contributed by atoms with Crippen molar-refractivity contribution in [2.45, 2.75) is 65.9 Å². The van der Waals surface area contributed by atoms with Gasteiger partial charge in [-0.05, 0) is 44.4 Å². The Kier molecular flexibility index (Phi) is 4.84. The van der Waals surface area contributed by atoms with E-state index in [-0.39, 0.29) is 0 Å². The van der Waals surface area contributed by atoms with Gasteiger partial charge in [0.15, 0.2) is 0 Å². The lowest BCUT2D eigenvalue weighted by Gasteiger charge is -2.34. The maximum atomic E-state index is 6.06. The molecule has 1 aromatic heterocycles. The molecule has 112 valence electrons. The van der Waals surface area contributed by atoms with Gasteiger partial charge in [-0.3, -0.25) is 0 Å². The Morgan fingerprint density at radius 2 is 2.00 bits per heavy atom. The number of aryl methyl sites for hydroxylation is 1. The first-order valence-electron chi connectivity index (χ1n) is 7.75. The van der Waals surface area contributed by atoms with Gasteiger partial charge in [-0.15, -0.1) is 0 Å². The Bertz CT molecular complexity index is 435. The van der Waals surface area contributed by atoms with Crippen LogP contribution in [0.1, 0.15) is 58.6 Å². The van der Waals surface area contributed by atoms with E-state index in [0.29, 0.717) is 23.3 Å². The third-order valence-corrected chi connectivity index (χ3v) is 3.94. The molecule has 1 fully saturated rings. The quantitative estimate of drug-likeness (QED) is 0.885. The Hall–Kier alpha value is -1.32. The lowest BCUT2D eigenvalue weighted by Crippen LogP contribution is -2.28. The van der Waals surface area contributed by atoms with Crippen LogP contribution in [0.3, 0.4) is 0 Å². The molecular weight excluding hydrogens is 250 g/mol. The summed E-state index contributed by atoms with van der Waals surface area (Å²) >= 11 is 0. The molecule has 2 rings (SSSR count). The summed E-state index contributed by atoms with van der Waals surface area (Å²) in [6, 6.07) is 1.93. The van der Waals surface area contributed by atoms with Gasteiger partial charge in [0, 0.05) is 18.3 Å². The van der Waals surface area contributed by atoms with Crippen molar-refractivity contribution >= 4 is 5.95 Å². The number of aromatic nitrogens is 2. The third-order valence-electron chi connectivity index (χ3n) is 3.94. The van der Waals surface area contributed by atoms with E-state index in [2.05, 4.69) is 36.1 Å². The summed E-state index contributed by atoms with van der Waals surface area (Å²) in [5.41, 5.74) is 1.42. The number of nitrogens with one attached hydrogen (secondary N) is 1. The van der Waals surface area contributed by atoms with Gasteiger partial charge in [0.05, 0.1) is 0 Å². The van der Waals surface area contributed by atoms with Crippen molar-refractivity contribution in [3.8, 4) is 5.88 Å². The maximum absolute atomic E-state index is 6.06. The standard InChI is InChI=1S/C16H27N3O/c1-5-10-17-15-18-12(2)11-14(19-15)20-13-6-8-16(3,4)9-7-13/h11,13H,5-10H2,1-4H3,(H,17,18,19). The normalized spacial score (nSPS) is 18.8. The lowest BCUT2D eigenvalue weighted by molar-refractivity contribution is 0.0948. The summed E-state index contributed by atoms with van der Waals surface area (Å²) in [7, 11) is 0. The topological polar surface area (TPSA) is 47.0 Å². The zero-order valence-corrected chi connectivity index (χ0v) is 13.2. The minimum Gasteiger partial charge on any atom is -0.474 e. The van der Waals surface area contributed by atoms with Crippen LogP contribution < -0.4 is 10.1 Å². The number of nitrogens with zero attached hydrogens (tertiary/aromatic N) is 2. The zero-order chi connectivity index (χ0) is 14.6. The molecule has 0 atom stereocenters. The monoisotopic (exact) mass is 277 g/mol. The van der Waals surface area contributed by atoms with Crippen LogP contribution in [0.4, 0.5) is 5.95 Å². The molecule has 0 saturated heterocycles. The molecule has 0 radical (unpaired) electrons. The molecule has 1 saturated carbocycles. The first-order valence-corrected chi connectivity index (χ1v) is 7.75. The van der Waals surface area contributed by atoms with Crippen molar-refractivity contribution in [2.24, 2.45) is 5.41 Å². The smallest absolute Gasteiger partial charge is 0.226 e. The van der Waals surface area contributed by atoms with E-state index in [4.69, 9.17) is 4.74 Å². The van der Waals surface area contributed by atoms with Crippen LogP contribution in [0, 0.1) is 12.3 Å². The van der Waals surface area contributed by atoms with Crippen LogP contribution in [-0.4, -0.2) is 22.6 Å². The van der Waals surface area contributed by atoms with E-state index in [9.17, 15) is 0 Å². The van der Waals surface area contributed by atoms with E-state index < -0.39 is 0 Å². The van der Waals surface area contributed by atoms with Gasteiger partial charge in [0.2, 0.25) is 11.8 Å².